The summed E-state index contributed by atoms with van der Waals surface area (Å²) in [6.45, 7) is 3.51. The number of hydrogen-bond donors (Lipinski definition) is 1. The Morgan fingerprint density at radius 2 is 2.21 bits per heavy atom. The van der Waals surface area contributed by atoms with Crippen molar-refractivity contribution >= 4 is 5.91 Å². The van der Waals surface area contributed by atoms with E-state index < -0.39 is 0 Å². The molecule has 19 heavy (non-hydrogen) atoms. The summed E-state index contributed by atoms with van der Waals surface area (Å²) in [6.07, 6.45) is 0.762. The van der Waals surface area contributed by atoms with Crippen molar-refractivity contribution in [1.82, 2.24) is 4.90 Å². The molecule has 4 nitrogen and oxygen atoms in total. The summed E-state index contributed by atoms with van der Waals surface area (Å²) in [4.78, 5) is 14.4. The largest absolute Gasteiger partial charge is 0.394 e. The average Bonchev–Trinajstić information content (AvgIpc) is 2.49. The molecule has 1 heterocycles. The average molecular weight is 263 g/mol. The lowest BCUT2D eigenvalue weighted by molar-refractivity contribution is -0.143. The van der Waals surface area contributed by atoms with Crippen LogP contribution in [0.5, 0.6) is 0 Å². The third-order valence-electron chi connectivity index (χ3n) is 3.63. The van der Waals surface area contributed by atoms with Crippen LogP contribution >= 0.6 is 0 Å². The van der Waals surface area contributed by atoms with Gasteiger partial charge in [-0.15, -0.1) is 0 Å². The van der Waals surface area contributed by atoms with Crippen molar-refractivity contribution in [2.75, 3.05) is 26.4 Å². The molecule has 0 saturated carbocycles. The zero-order valence-corrected chi connectivity index (χ0v) is 11.3. The molecule has 0 bridgehead atoms. The maximum absolute atomic E-state index is 12.7. The van der Waals surface area contributed by atoms with Crippen molar-refractivity contribution in [2.45, 2.75) is 25.3 Å². The molecule has 0 aliphatic carbocycles. The Labute approximate surface area is 114 Å². The molecule has 1 aliphatic rings. The van der Waals surface area contributed by atoms with Crippen LogP contribution < -0.4 is 0 Å². The number of carbonyl (C=O) groups excluding carboxylic acids is 1. The number of ether oxygens (including phenoxy) is 1. The minimum Gasteiger partial charge on any atom is -0.394 e. The number of amides is 1. The number of carbonyl (C=O) groups is 1. The normalized spacial score (nSPS) is 21.2. The van der Waals surface area contributed by atoms with E-state index in [2.05, 4.69) is 0 Å². The van der Waals surface area contributed by atoms with Crippen LogP contribution in [-0.4, -0.2) is 48.3 Å². The number of aliphatic hydroxyl groups is 1. The zero-order chi connectivity index (χ0) is 13.7. The van der Waals surface area contributed by atoms with Crippen LogP contribution in [0.4, 0.5) is 0 Å². The van der Waals surface area contributed by atoms with Gasteiger partial charge in [0.2, 0.25) is 5.91 Å². The molecule has 1 amide bonds. The predicted molar refractivity (Wildman–Crippen MR) is 72.9 cm³/mol. The fourth-order valence-corrected chi connectivity index (χ4v) is 2.53. The minimum atomic E-state index is -0.209. The van der Waals surface area contributed by atoms with Gasteiger partial charge in [-0.05, 0) is 12.0 Å². The summed E-state index contributed by atoms with van der Waals surface area (Å²) in [6, 6.07) is 9.62. The smallest absolute Gasteiger partial charge is 0.230 e. The Kier molecular flexibility index (Phi) is 4.93. The highest BCUT2D eigenvalue weighted by Gasteiger charge is 2.31. The Bertz CT molecular complexity index is 407. The van der Waals surface area contributed by atoms with E-state index in [0.717, 1.165) is 12.0 Å². The van der Waals surface area contributed by atoms with Gasteiger partial charge >= 0.3 is 0 Å². The molecule has 0 spiro atoms. The molecule has 104 valence electrons. The summed E-state index contributed by atoms with van der Waals surface area (Å²) in [5.41, 5.74) is 1.04. The van der Waals surface area contributed by atoms with Gasteiger partial charge in [0, 0.05) is 6.54 Å². The number of morpholine rings is 1. The van der Waals surface area contributed by atoms with E-state index >= 15 is 0 Å². The van der Waals surface area contributed by atoms with E-state index in [1.54, 1.807) is 4.90 Å². The molecule has 2 rings (SSSR count). The van der Waals surface area contributed by atoms with Gasteiger partial charge in [-0.3, -0.25) is 4.79 Å². The predicted octanol–water partition coefficient (Wildman–Crippen LogP) is 1.40. The van der Waals surface area contributed by atoms with Crippen LogP contribution in [0.25, 0.3) is 0 Å². The number of aliphatic hydroxyl groups excluding tert-OH is 1. The Balaban J connectivity index is 2.16. The Morgan fingerprint density at radius 3 is 2.84 bits per heavy atom. The molecule has 2 atom stereocenters. The van der Waals surface area contributed by atoms with Crippen molar-refractivity contribution in [3.8, 4) is 0 Å². The molecular weight excluding hydrogens is 242 g/mol. The van der Waals surface area contributed by atoms with Crippen molar-refractivity contribution in [3.63, 3.8) is 0 Å². The van der Waals surface area contributed by atoms with E-state index in [1.807, 2.05) is 37.3 Å². The minimum absolute atomic E-state index is 0.0447. The molecule has 1 fully saturated rings. The second kappa shape index (κ2) is 6.68. The van der Waals surface area contributed by atoms with Gasteiger partial charge in [-0.1, -0.05) is 37.3 Å². The lowest BCUT2D eigenvalue weighted by Gasteiger charge is -2.36. The molecule has 1 saturated heterocycles. The van der Waals surface area contributed by atoms with Crippen LogP contribution in [0.15, 0.2) is 30.3 Å². The van der Waals surface area contributed by atoms with Gasteiger partial charge in [0.25, 0.3) is 0 Å². The maximum Gasteiger partial charge on any atom is 0.230 e. The van der Waals surface area contributed by atoms with E-state index in [9.17, 15) is 9.90 Å². The lowest BCUT2D eigenvalue weighted by atomic mass is 9.94. The zero-order valence-electron chi connectivity index (χ0n) is 11.3. The summed E-state index contributed by atoms with van der Waals surface area (Å²) >= 11 is 0. The van der Waals surface area contributed by atoms with Gasteiger partial charge in [-0.25, -0.2) is 0 Å². The summed E-state index contributed by atoms with van der Waals surface area (Å²) in [7, 11) is 0. The molecule has 4 heteroatoms. The molecule has 0 radical (unpaired) electrons. The lowest BCUT2D eigenvalue weighted by Crippen LogP contribution is -2.51. The van der Waals surface area contributed by atoms with Gasteiger partial charge in [0.1, 0.15) is 0 Å². The van der Waals surface area contributed by atoms with E-state index in [-0.39, 0.29) is 24.5 Å². The van der Waals surface area contributed by atoms with Crippen molar-refractivity contribution < 1.29 is 14.6 Å². The van der Waals surface area contributed by atoms with Gasteiger partial charge < -0.3 is 14.7 Å². The van der Waals surface area contributed by atoms with E-state index in [0.29, 0.717) is 19.8 Å². The second-order valence-corrected chi connectivity index (χ2v) is 4.81. The molecule has 1 aromatic rings. The monoisotopic (exact) mass is 263 g/mol. The van der Waals surface area contributed by atoms with Crippen molar-refractivity contribution in [1.29, 1.82) is 0 Å². The number of nitrogens with zero attached hydrogens (tertiary/aromatic N) is 1. The first-order valence-corrected chi connectivity index (χ1v) is 6.82. The van der Waals surface area contributed by atoms with Crippen molar-refractivity contribution in [2.24, 2.45) is 0 Å². The quantitative estimate of drug-likeness (QED) is 0.893. The fourth-order valence-electron chi connectivity index (χ4n) is 2.53. The third-order valence-corrected chi connectivity index (χ3v) is 3.63. The van der Waals surface area contributed by atoms with Crippen LogP contribution in [0.3, 0.4) is 0 Å². The Hall–Kier alpha value is -1.39. The van der Waals surface area contributed by atoms with E-state index in [4.69, 9.17) is 4.74 Å². The molecular formula is C15H21NO3. The fraction of sp³-hybridized carbons (Fsp3) is 0.533. The second-order valence-electron chi connectivity index (χ2n) is 4.81. The SMILES string of the molecule is CC[C@H](C(=O)N1CCOC[C@H]1CO)c1ccccc1. The van der Waals surface area contributed by atoms with Gasteiger partial charge in [0.15, 0.2) is 0 Å². The highest BCUT2D eigenvalue weighted by molar-refractivity contribution is 5.84. The van der Waals surface area contributed by atoms with Crippen LogP contribution in [-0.2, 0) is 9.53 Å². The van der Waals surface area contributed by atoms with Gasteiger partial charge in [-0.2, -0.15) is 0 Å². The first-order chi connectivity index (χ1) is 9.27. The van der Waals surface area contributed by atoms with Crippen LogP contribution in [0.1, 0.15) is 24.8 Å². The van der Waals surface area contributed by atoms with Crippen LogP contribution in [0, 0.1) is 0 Å². The van der Waals surface area contributed by atoms with E-state index in [1.165, 1.54) is 0 Å². The first kappa shape index (κ1) is 14.0. The third kappa shape index (κ3) is 3.14. The number of rotatable bonds is 4. The van der Waals surface area contributed by atoms with Gasteiger partial charge in [0.05, 0.1) is 31.8 Å². The first-order valence-electron chi connectivity index (χ1n) is 6.82. The molecule has 0 unspecified atom stereocenters. The number of benzene rings is 1. The highest BCUT2D eigenvalue weighted by Crippen LogP contribution is 2.23. The number of hydrogen-bond acceptors (Lipinski definition) is 3. The highest BCUT2D eigenvalue weighted by atomic mass is 16.5. The van der Waals surface area contributed by atoms with Crippen molar-refractivity contribution in [3.05, 3.63) is 35.9 Å². The topological polar surface area (TPSA) is 49.8 Å². The molecule has 1 N–H and O–H groups in total. The standard InChI is InChI=1S/C15H21NO3/c1-2-14(12-6-4-3-5-7-12)15(18)16-8-9-19-11-13(16)10-17/h3-7,13-14,17H,2,8-11H2,1H3/t13-,14+/m1/s1. The molecule has 1 aliphatic heterocycles. The maximum atomic E-state index is 12.7. The summed E-state index contributed by atoms with van der Waals surface area (Å²) < 4.78 is 5.32. The molecule has 1 aromatic carbocycles. The van der Waals surface area contributed by atoms with Crippen LogP contribution in [0.2, 0.25) is 0 Å². The molecule has 0 aromatic heterocycles. The summed E-state index contributed by atoms with van der Waals surface area (Å²) in [5, 5.41) is 9.36. The Morgan fingerprint density at radius 1 is 1.47 bits per heavy atom. The summed E-state index contributed by atoms with van der Waals surface area (Å²) in [5.74, 6) is -0.0376.